The van der Waals surface area contributed by atoms with Crippen LogP contribution in [0.4, 0.5) is 5.69 Å². The minimum atomic E-state index is -0.329. The Labute approximate surface area is 148 Å². The van der Waals surface area contributed by atoms with Crippen molar-refractivity contribution in [3.63, 3.8) is 0 Å². The Morgan fingerprint density at radius 2 is 1.68 bits per heavy atom. The van der Waals surface area contributed by atoms with E-state index >= 15 is 0 Å². The highest BCUT2D eigenvalue weighted by atomic mass is 16.5. The smallest absolute Gasteiger partial charge is 0.338 e. The van der Waals surface area contributed by atoms with E-state index in [1.807, 2.05) is 31.2 Å². The number of carbonyl (C=O) groups is 2. The molecule has 0 aliphatic rings. The van der Waals surface area contributed by atoms with Gasteiger partial charge >= 0.3 is 5.97 Å². The molecule has 0 atom stereocenters. The van der Waals surface area contributed by atoms with Crippen molar-refractivity contribution < 1.29 is 14.3 Å². The first-order chi connectivity index (χ1) is 12.1. The van der Waals surface area contributed by atoms with Crippen molar-refractivity contribution in [2.75, 3.05) is 18.5 Å². The van der Waals surface area contributed by atoms with Gasteiger partial charge in [0.15, 0.2) is 0 Å². The van der Waals surface area contributed by atoms with E-state index in [9.17, 15) is 9.59 Å². The molecule has 5 heteroatoms. The Morgan fingerprint density at radius 1 is 1.00 bits per heavy atom. The van der Waals surface area contributed by atoms with E-state index in [4.69, 9.17) is 4.74 Å². The van der Waals surface area contributed by atoms with Gasteiger partial charge in [0.05, 0.1) is 12.2 Å². The number of amides is 1. The Hall–Kier alpha value is -2.82. The van der Waals surface area contributed by atoms with Crippen LogP contribution in [0.25, 0.3) is 0 Å². The standard InChI is InChI=1S/C20H24N2O3/c1-3-25-20(24)17-8-10-18(11-9-17)21-13-12-19(23)22-14-16-6-4-15(2)5-7-16/h4-11,21H,3,12-14H2,1-2H3,(H,22,23). The molecule has 0 unspecified atom stereocenters. The number of esters is 1. The van der Waals surface area contributed by atoms with E-state index < -0.39 is 0 Å². The van der Waals surface area contributed by atoms with E-state index in [-0.39, 0.29) is 11.9 Å². The molecule has 2 aromatic carbocycles. The van der Waals surface area contributed by atoms with Gasteiger partial charge in [-0.15, -0.1) is 0 Å². The summed E-state index contributed by atoms with van der Waals surface area (Å²) in [6, 6.07) is 15.1. The Kier molecular flexibility index (Phi) is 7.01. The fourth-order valence-electron chi connectivity index (χ4n) is 2.25. The number of hydrogen-bond donors (Lipinski definition) is 2. The van der Waals surface area contributed by atoms with Crippen LogP contribution in [0.5, 0.6) is 0 Å². The molecule has 2 rings (SSSR count). The van der Waals surface area contributed by atoms with Gasteiger partial charge in [0.2, 0.25) is 5.91 Å². The molecule has 2 aromatic rings. The van der Waals surface area contributed by atoms with Gasteiger partial charge < -0.3 is 15.4 Å². The molecule has 0 fully saturated rings. The SMILES string of the molecule is CCOC(=O)c1ccc(NCCC(=O)NCc2ccc(C)cc2)cc1. The number of benzene rings is 2. The molecule has 0 aliphatic heterocycles. The zero-order chi connectivity index (χ0) is 18.1. The van der Waals surface area contributed by atoms with Crippen molar-refractivity contribution in [2.45, 2.75) is 26.8 Å². The van der Waals surface area contributed by atoms with Crippen molar-refractivity contribution in [3.8, 4) is 0 Å². The molecular formula is C20H24N2O3. The predicted octanol–water partition coefficient (Wildman–Crippen LogP) is 3.29. The Balaban J connectivity index is 1.70. The largest absolute Gasteiger partial charge is 0.462 e. The molecule has 2 N–H and O–H groups in total. The van der Waals surface area contributed by atoms with Crippen LogP contribution in [-0.4, -0.2) is 25.0 Å². The Bertz CT molecular complexity index is 694. The first-order valence-corrected chi connectivity index (χ1v) is 8.42. The summed E-state index contributed by atoms with van der Waals surface area (Å²) in [4.78, 5) is 23.4. The first kappa shape index (κ1) is 18.5. The van der Waals surface area contributed by atoms with Crippen molar-refractivity contribution in [1.82, 2.24) is 5.32 Å². The summed E-state index contributed by atoms with van der Waals surface area (Å²) in [5, 5.41) is 6.07. The number of nitrogens with one attached hydrogen (secondary N) is 2. The average molecular weight is 340 g/mol. The van der Waals surface area contributed by atoms with Gasteiger partial charge in [0.25, 0.3) is 0 Å². The molecule has 1 amide bonds. The summed E-state index contributed by atoms with van der Waals surface area (Å²) in [6.07, 6.45) is 0.380. The van der Waals surface area contributed by atoms with E-state index in [1.54, 1.807) is 31.2 Å². The lowest BCUT2D eigenvalue weighted by molar-refractivity contribution is -0.121. The van der Waals surface area contributed by atoms with Crippen molar-refractivity contribution in [1.29, 1.82) is 0 Å². The van der Waals surface area contributed by atoms with Crippen LogP contribution in [0.15, 0.2) is 48.5 Å². The molecule has 0 saturated carbocycles. The second-order valence-electron chi connectivity index (χ2n) is 5.74. The molecule has 0 saturated heterocycles. The third-order valence-corrected chi connectivity index (χ3v) is 3.69. The monoisotopic (exact) mass is 340 g/mol. The Morgan fingerprint density at radius 3 is 2.32 bits per heavy atom. The summed E-state index contributed by atoms with van der Waals surface area (Å²) >= 11 is 0. The van der Waals surface area contributed by atoms with Crippen LogP contribution in [0.3, 0.4) is 0 Å². The topological polar surface area (TPSA) is 67.4 Å². The molecule has 25 heavy (non-hydrogen) atoms. The first-order valence-electron chi connectivity index (χ1n) is 8.42. The minimum Gasteiger partial charge on any atom is -0.462 e. The second-order valence-corrected chi connectivity index (χ2v) is 5.74. The molecule has 0 heterocycles. The lowest BCUT2D eigenvalue weighted by Crippen LogP contribution is -2.24. The summed E-state index contributed by atoms with van der Waals surface area (Å²) in [7, 11) is 0. The highest BCUT2D eigenvalue weighted by Crippen LogP contribution is 2.10. The van der Waals surface area contributed by atoms with Crippen LogP contribution in [0.2, 0.25) is 0 Å². The maximum absolute atomic E-state index is 11.9. The van der Waals surface area contributed by atoms with E-state index in [1.165, 1.54) is 5.56 Å². The van der Waals surface area contributed by atoms with Crippen LogP contribution in [-0.2, 0) is 16.1 Å². The van der Waals surface area contributed by atoms with Crippen LogP contribution < -0.4 is 10.6 Å². The van der Waals surface area contributed by atoms with Crippen molar-refractivity contribution >= 4 is 17.6 Å². The molecule has 132 valence electrons. The summed E-state index contributed by atoms with van der Waals surface area (Å²) in [6.45, 7) is 5.23. The number of ether oxygens (including phenoxy) is 1. The fraction of sp³-hybridized carbons (Fsp3) is 0.300. The number of hydrogen-bond acceptors (Lipinski definition) is 4. The second kappa shape index (κ2) is 9.47. The van der Waals surface area contributed by atoms with Gasteiger partial charge in [-0.05, 0) is 43.7 Å². The van der Waals surface area contributed by atoms with Crippen molar-refractivity contribution in [2.24, 2.45) is 0 Å². The van der Waals surface area contributed by atoms with Crippen LogP contribution >= 0.6 is 0 Å². The number of carbonyl (C=O) groups excluding carboxylic acids is 2. The minimum absolute atomic E-state index is 0.00350. The van der Waals surface area contributed by atoms with Gasteiger partial charge in [0.1, 0.15) is 0 Å². The molecule has 0 radical (unpaired) electrons. The summed E-state index contributed by atoms with van der Waals surface area (Å²) in [5.41, 5.74) is 3.66. The lowest BCUT2D eigenvalue weighted by atomic mass is 10.1. The van der Waals surface area contributed by atoms with E-state index in [2.05, 4.69) is 10.6 Å². The molecule has 0 aromatic heterocycles. The maximum Gasteiger partial charge on any atom is 0.338 e. The van der Waals surface area contributed by atoms with Gasteiger partial charge in [-0.25, -0.2) is 4.79 Å². The molecule has 0 spiro atoms. The van der Waals surface area contributed by atoms with Crippen LogP contribution in [0, 0.1) is 6.92 Å². The normalized spacial score (nSPS) is 10.2. The van der Waals surface area contributed by atoms with Gasteiger partial charge in [-0.3, -0.25) is 4.79 Å². The number of rotatable bonds is 8. The highest BCUT2D eigenvalue weighted by molar-refractivity contribution is 5.89. The quantitative estimate of drug-likeness (QED) is 0.724. The predicted molar refractivity (Wildman–Crippen MR) is 98.5 cm³/mol. The summed E-state index contributed by atoms with van der Waals surface area (Å²) in [5.74, 6) is -0.333. The molecule has 0 bridgehead atoms. The van der Waals surface area contributed by atoms with E-state index in [0.717, 1.165) is 11.3 Å². The number of aryl methyl sites for hydroxylation is 1. The van der Waals surface area contributed by atoms with E-state index in [0.29, 0.717) is 31.7 Å². The van der Waals surface area contributed by atoms with Gasteiger partial charge in [-0.2, -0.15) is 0 Å². The average Bonchev–Trinajstić information content (AvgIpc) is 2.62. The van der Waals surface area contributed by atoms with Gasteiger partial charge in [0, 0.05) is 25.2 Å². The molecule has 0 aliphatic carbocycles. The third kappa shape index (κ3) is 6.30. The zero-order valence-corrected chi connectivity index (χ0v) is 14.7. The van der Waals surface area contributed by atoms with Crippen molar-refractivity contribution in [3.05, 3.63) is 65.2 Å². The lowest BCUT2D eigenvalue weighted by Gasteiger charge is -2.08. The number of anilines is 1. The molecule has 5 nitrogen and oxygen atoms in total. The zero-order valence-electron chi connectivity index (χ0n) is 14.7. The highest BCUT2D eigenvalue weighted by Gasteiger charge is 2.06. The van der Waals surface area contributed by atoms with Gasteiger partial charge in [-0.1, -0.05) is 29.8 Å². The fourth-order valence-corrected chi connectivity index (χ4v) is 2.25. The third-order valence-electron chi connectivity index (χ3n) is 3.69. The summed E-state index contributed by atoms with van der Waals surface area (Å²) < 4.78 is 4.94. The van der Waals surface area contributed by atoms with Crippen LogP contribution in [0.1, 0.15) is 34.8 Å². The molecular weight excluding hydrogens is 316 g/mol. The maximum atomic E-state index is 11.9.